The van der Waals surface area contributed by atoms with Gasteiger partial charge < -0.3 is 9.94 Å². The fraction of sp³-hybridized carbons (Fsp3) is 0.167. The zero-order chi connectivity index (χ0) is 11.5. The molecular formula is C12H12N2O2. The van der Waals surface area contributed by atoms with E-state index < -0.39 is 0 Å². The first-order chi connectivity index (χ1) is 7.77. The molecular weight excluding hydrogens is 204 g/mol. The van der Waals surface area contributed by atoms with E-state index in [4.69, 9.17) is 9.94 Å². The first-order valence-electron chi connectivity index (χ1n) is 4.88. The number of oxime groups is 1. The van der Waals surface area contributed by atoms with Gasteiger partial charge in [0.2, 0.25) is 5.88 Å². The lowest BCUT2D eigenvalue weighted by Gasteiger charge is -2.08. The molecule has 0 aliphatic carbocycles. The molecule has 0 atom stereocenters. The zero-order valence-electron chi connectivity index (χ0n) is 9.14. The number of hydrogen-bond acceptors (Lipinski definition) is 4. The summed E-state index contributed by atoms with van der Waals surface area (Å²) in [7, 11) is 1.58. The summed E-state index contributed by atoms with van der Waals surface area (Å²) in [4.78, 5) is 4.18. The number of fused-ring (bicyclic) bond motifs is 1. The largest absolute Gasteiger partial charge is 0.481 e. The van der Waals surface area contributed by atoms with Crippen molar-refractivity contribution in [2.75, 3.05) is 7.11 Å². The first kappa shape index (κ1) is 10.4. The summed E-state index contributed by atoms with van der Waals surface area (Å²) in [6, 6.07) is 7.72. The van der Waals surface area contributed by atoms with Crippen molar-refractivity contribution in [3.05, 3.63) is 36.0 Å². The highest BCUT2D eigenvalue weighted by Gasteiger charge is 2.09. The van der Waals surface area contributed by atoms with Crippen LogP contribution < -0.4 is 4.74 Å². The van der Waals surface area contributed by atoms with Gasteiger partial charge in [0.05, 0.1) is 12.8 Å². The number of methoxy groups -OCH3 is 1. The molecule has 0 aliphatic heterocycles. The van der Waals surface area contributed by atoms with E-state index in [9.17, 15) is 0 Å². The Morgan fingerprint density at radius 3 is 2.62 bits per heavy atom. The van der Waals surface area contributed by atoms with Crippen molar-refractivity contribution in [2.24, 2.45) is 5.16 Å². The van der Waals surface area contributed by atoms with Gasteiger partial charge in [-0.15, -0.1) is 0 Å². The number of ether oxygens (including phenoxy) is 1. The average Bonchev–Trinajstić information content (AvgIpc) is 2.36. The van der Waals surface area contributed by atoms with Gasteiger partial charge >= 0.3 is 0 Å². The molecule has 0 fully saturated rings. The van der Waals surface area contributed by atoms with Gasteiger partial charge in [-0.25, -0.2) is 4.98 Å². The Balaban J connectivity index is 2.79. The minimum Gasteiger partial charge on any atom is -0.481 e. The van der Waals surface area contributed by atoms with Gasteiger partial charge in [-0.2, -0.15) is 0 Å². The van der Waals surface area contributed by atoms with Gasteiger partial charge in [0, 0.05) is 17.1 Å². The normalized spacial score (nSPS) is 11.8. The van der Waals surface area contributed by atoms with Crippen LogP contribution in [0.1, 0.15) is 12.5 Å². The van der Waals surface area contributed by atoms with Crippen LogP contribution in [0.5, 0.6) is 5.88 Å². The van der Waals surface area contributed by atoms with E-state index in [1.54, 1.807) is 20.2 Å². The van der Waals surface area contributed by atoms with Gasteiger partial charge in [0.1, 0.15) is 0 Å². The highest BCUT2D eigenvalue weighted by Crippen LogP contribution is 2.26. The summed E-state index contributed by atoms with van der Waals surface area (Å²) >= 11 is 0. The van der Waals surface area contributed by atoms with Gasteiger partial charge in [-0.1, -0.05) is 23.4 Å². The van der Waals surface area contributed by atoms with E-state index in [1.165, 1.54) is 0 Å². The Kier molecular flexibility index (Phi) is 2.72. The maximum absolute atomic E-state index is 8.80. The summed E-state index contributed by atoms with van der Waals surface area (Å²) in [6.45, 7) is 1.73. The molecule has 16 heavy (non-hydrogen) atoms. The van der Waals surface area contributed by atoms with Gasteiger partial charge in [0.15, 0.2) is 0 Å². The third kappa shape index (κ3) is 1.58. The molecule has 1 aromatic carbocycles. The van der Waals surface area contributed by atoms with Crippen LogP contribution in [0.25, 0.3) is 10.8 Å². The Morgan fingerprint density at radius 1 is 1.31 bits per heavy atom. The van der Waals surface area contributed by atoms with E-state index in [2.05, 4.69) is 10.1 Å². The predicted molar refractivity (Wildman–Crippen MR) is 62.3 cm³/mol. The lowest BCUT2D eigenvalue weighted by molar-refractivity contribution is 0.319. The Labute approximate surface area is 93.2 Å². The molecule has 0 amide bonds. The van der Waals surface area contributed by atoms with Gasteiger partial charge in [0.25, 0.3) is 0 Å². The standard InChI is InChI=1S/C12H12N2O2/c1-8(14-15)11-7-13-12(16-2)10-6-4-3-5-9(10)11/h3-7,15H,1-2H3/b14-8+. The number of rotatable bonds is 2. The van der Waals surface area contributed by atoms with Crippen molar-refractivity contribution >= 4 is 16.5 Å². The van der Waals surface area contributed by atoms with Crippen LogP contribution in [0.2, 0.25) is 0 Å². The minimum atomic E-state index is 0.534. The van der Waals surface area contributed by atoms with E-state index in [1.807, 2.05) is 24.3 Å². The molecule has 2 aromatic rings. The van der Waals surface area contributed by atoms with E-state index in [-0.39, 0.29) is 0 Å². The van der Waals surface area contributed by atoms with Gasteiger partial charge in [-0.3, -0.25) is 0 Å². The molecule has 0 aliphatic rings. The SMILES string of the molecule is COc1ncc(/C(C)=N/O)c2ccccc12. The maximum Gasteiger partial charge on any atom is 0.221 e. The molecule has 0 unspecified atom stereocenters. The van der Waals surface area contributed by atoms with Crippen molar-refractivity contribution in [1.82, 2.24) is 4.98 Å². The summed E-state index contributed by atoms with van der Waals surface area (Å²) in [5.74, 6) is 0.574. The Hall–Kier alpha value is -2.10. The Morgan fingerprint density at radius 2 is 2.00 bits per heavy atom. The van der Waals surface area contributed by atoms with Crippen molar-refractivity contribution in [3.63, 3.8) is 0 Å². The highest BCUT2D eigenvalue weighted by molar-refractivity contribution is 6.10. The Bertz CT molecular complexity index is 550. The van der Waals surface area contributed by atoms with Crippen LogP contribution in [0.3, 0.4) is 0 Å². The quantitative estimate of drug-likeness (QED) is 0.476. The van der Waals surface area contributed by atoms with Crippen molar-refractivity contribution in [3.8, 4) is 5.88 Å². The lowest BCUT2D eigenvalue weighted by Crippen LogP contribution is -1.99. The minimum absolute atomic E-state index is 0.534. The van der Waals surface area contributed by atoms with Crippen molar-refractivity contribution < 1.29 is 9.94 Å². The lowest BCUT2D eigenvalue weighted by atomic mass is 10.0. The monoisotopic (exact) mass is 216 g/mol. The molecule has 0 saturated carbocycles. The topological polar surface area (TPSA) is 54.7 Å². The van der Waals surface area contributed by atoms with E-state index in [0.717, 1.165) is 16.3 Å². The molecule has 4 heteroatoms. The van der Waals surface area contributed by atoms with Crippen LogP contribution >= 0.6 is 0 Å². The summed E-state index contributed by atoms with van der Waals surface area (Å²) in [5.41, 5.74) is 1.34. The molecule has 1 heterocycles. The summed E-state index contributed by atoms with van der Waals surface area (Å²) in [6.07, 6.45) is 1.65. The van der Waals surface area contributed by atoms with Crippen LogP contribution in [0.15, 0.2) is 35.6 Å². The van der Waals surface area contributed by atoms with Crippen LogP contribution in [0, 0.1) is 0 Å². The molecule has 1 aromatic heterocycles. The molecule has 0 radical (unpaired) electrons. The van der Waals surface area contributed by atoms with Crippen LogP contribution in [0.4, 0.5) is 0 Å². The average molecular weight is 216 g/mol. The summed E-state index contributed by atoms with van der Waals surface area (Å²) in [5, 5.41) is 13.9. The zero-order valence-corrected chi connectivity index (χ0v) is 9.14. The van der Waals surface area contributed by atoms with E-state index >= 15 is 0 Å². The van der Waals surface area contributed by atoms with Crippen molar-refractivity contribution in [2.45, 2.75) is 6.92 Å². The molecule has 4 nitrogen and oxygen atoms in total. The molecule has 0 saturated heterocycles. The molecule has 2 rings (SSSR count). The second-order valence-electron chi connectivity index (χ2n) is 3.41. The molecule has 0 bridgehead atoms. The fourth-order valence-electron chi connectivity index (χ4n) is 1.67. The second kappa shape index (κ2) is 4.18. The predicted octanol–water partition coefficient (Wildman–Crippen LogP) is 2.44. The maximum atomic E-state index is 8.80. The van der Waals surface area contributed by atoms with Crippen LogP contribution in [-0.2, 0) is 0 Å². The first-order valence-corrected chi connectivity index (χ1v) is 4.88. The van der Waals surface area contributed by atoms with Gasteiger partial charge in [-0.05, 0) is 18.4 Å². The third-order valence-corrected chi connectivity index (χ3v) is 2.49. The fourth-order valence-corrected chi connectivity index (χ4v) is 1.67. The molecule has 1 N–H and O–H groups in total. The van der Waals surface area contributed by atoms with Crippen LogP contribution in [-0.4, -0.2) is 23.0 Å². The second-order valence-corrected chi connectivity index (χ2v) is 3.41. The highest BCUT2D eigenvalue weighted by atomic mass is 16.5. The number of nitrogens with zero attached hydrogens (tertiary/aromatic N) is 2. The number of hydrogen-bond donors (Lipinski definition) is 1. The third-order valence-electron chi connectivity index (χ3n) is 2.49. The number of benzene rings is 1. The summed E-state index contributed by atoms with van der Waals surface area (Å²) < 4.78 is 5.18. The molecule has 82 valence electrons. The smallest absolute Gasteiger partial charge is 0.221 e. The van der Waals surface area contributed by atoms with E-state index in [0.29, 0.717) is 11.6 Å². The molecule has 0 spiro atoms. The van der Waals surface area contributed by atoms with Crippen molar-refractivity contribution in [1.29, 1.82) is 0 Å². The number of pyridine rings is 1. The number of aromatic nitrogens is 1.